The highest BCUT2D eigenvalue weighted by molar-refractivity contribution is 8.00. The average molecular weight is 420 g/mol. The first-order valence-electron chi connectivity index (χ1n) is 9.42. The van der Waals surface area contributed by atoms with Crippen molar-refractivity contribution in [1.82, 2.24) is 4.90 Å². The van der Waals surface area contributed by atoms with Crippen LogP contribution >= 0.6 is 35.1 Å². The van der Waals surface area contributed by atoms with Gasteiger partial charge in [0.15, 0.2) is 0 Å². The van der Waals surface area contributed by atoms with Crippen molar-refractivity contribution in [3.05, 3.63) is 64.7 Å². The van der Waals surface area contributed by atoms with E-state index in [4.69, 9.17) is 11.6 Å². The number of benzene rings is 2. The van der Waals surface area contributed by atoms with Crippen LogP contribution < -0.4 is 0 Å². The zero-order valence-corrected chi connectivity index (χ0v) is 18.2. The fourth-order valence-electron chi connectivity index (χ4n) is 3.25. The number of carbonyl (C=O) groups is 1. The van der Waals surface area contributed by atoms with Gasteiger partial charge in [-0.05, 0) is 35.7 Å². The minimum atomic E-state index is 0.222. The maximum Gasteiger partial charge on any atom is 0.227 e. The molecule has 1 aliphatic rings. The molecular weight excluding hydrogens is 394 g/mol. The zero-order valence-electron chi connectivity index (χ0n) is 15.9. The van der Waals surface area contributed by atoms with Crippen molar-refractivity contribution in [1.29, 1.82) is 0 Å². The first-order chi connectivity index (χ1) is 13.0. The van der Waals surface area contributed by atoms with E-state index in [0.717, 1.165) is 35.8 Å². The summed E-state index contributed by atoms with van der Waals surface area (Å²) in [6.07, 6.45) is 1.43. The molecule has 2 aromatic carbocycles. The van der Waals surface area contributed by atoms with Crippen LogP contribution in [0.25, 0.3) is 0 Å². The van der Waals surface area contributed by atoms with E-state index in [-0.39, 0.29) is 5.91 Å². The van der Waals surface area contributed by atoms with E-state index in [1.54, 1.807) is 0 Å². The second-order valence-corrected chi connectivity index (χ2v) is 10.4. The summed E-state index contributed by atoms with van der Waals surface area (Å²) in [5.74, 6) is 1.17. The topological polar surface area (TPSA) is 20.3 Å². The van der Waals surface area contributed by atoms with Crippen LogP contribution in [0.4, 0.5) is 0 Å². The van der Waals surface area contributed by atoms with Crippen molar-refractivity contribution in [3.8, 4) is 0 Å². The largest absolute Gasteiger partial charge is 0.342 e. The number of thioether (sulfide) groups is 2. The number of halogens is 1. The van der Waals surface area contributed by atoms with Crippen LogP contribution in [0.1, 0.15) is 36.6 Å². The van der Waals surface area contributed by atoms with Crippen LogP contribution in [0.2, 0.25) is 5.02 Å². The molecular formula is C22H26ClNOS2. The van der Waals surface area contributed by atoms with E-state index in [2.05, 4.69) is 44.2 Å². The Morgan fingerprint density at radius 1 is 1.19 bits per heavy atom. The molecule has 0 aliphatic carbocycles. The second-order valence-electron chi connectivity index (χ2n) is 7.04. The molecule has 3 rings (SSSR count). The SMILES string of the molecule is CC(C)Sc1ccc(CC(=O)N2CCSC(c3ccccc3Cl)CC2)cc1. The van der Waals surface area contributed by atoms with E-state index in [0.29, 0.717) is 16.9 Å². The lowest BCUT2D eigenvalue weighted by Gasteiger charge is -2.20. The first-order valence-corrected chi connectivity index (χ1v) is 11.7. The van der Waals surface area contributed by atoms with Gasteiger partial charge < -0.3 is 4.90 Å². The quantitative estimate of drug-likeness (QED) is 0.547. The van der Waals surface area contributed by atoms with Gasteiger partial charge in [-0.25, -0.2) is 0 Å². The molecule has 1 fully saturated rings. The third-order valence-electron chi connectivity index (χ3n) is 4.60. The van der Waals surface area contributed by atoms with Crippen molar-refractivity contribution >= 4 is 41.0 Å². The van der Waals surface area contributed by atoms with Crippen molar-refractivity contribution < 1.29 is 4.79 Å². The van der Waals surface area contributed by atoms with E-state index < -0.39 is 0 Å². The van der Waals surface area contributed by atoms with Crippen LogP contribution in [0, 0.1) is 0 Å². The standard InChI is InChI=1S/C22H26ClNOS2/c1-16(2)27-18-9-7-17(8-10-18)15-22(25)24-12-11-21(26-14-13-24)19-5-3-4-6-20(19)23/h3-10,16,21H,11-15H2,1-2H3. The molecule has 27 heavy (non-hydrogen) atoms. The van der Waals surface area contributed by atoms with Gasteiger partial charge in [0.2, 0.25) is 5.91 Å². The van der Waals surface area contributed by atoms with Gasteiger partial charge in [-0.15, -0.1) is 11.8 Å². The maximum absolute atomic E-state index is 12.8. The molecule has 0 radical (unpaired) electrons. The summed E-state index contributed by atoms with van der Waals surface area (Å²) < 4.78 is 0. The Labute approximate surface area is 176 Å². The fourth-order valence-corrected chi connectivity index (χ4v) is 5.69. The highest BCUT2D eigenvalue weighted by Gasteiger charge is 2.23. The molecule has 144 valence electrons. The normalized spacial score (nSPS) is 17.8. The van der Waals surface area contributed by atoms with Crippen LogP contribution in [-0.4, -0.2) is 34.9 Å². The molecule has 1 saturated heterocycles. The number of hydrogen-bond donors (Lipinski definition) is 0. The van der Waals surface area contributed by atoms with Gasteiger partial charge in [-0.3, -0.25) is 4.79 Å². The number of carbonyl (C=O) groups excluding carboxylic acids is 1. The Morgan fingerprint density at radius 3 is 2.63 bits per heavy atom. The van der Waals surface area contributed by atoms with Crippen LogP contribution in [0.3, 0.4) is 0 Å². The van der Waals surface area contributed by atoms with Crippen molar-refractivity contribution in [2.24, 2.45) is 0 Å². The van der Waals surface area contributed by atoms with E-state index in [1.165, 1.54) is 10.5 Å². The Bertz CT molecular complexity index is 763. The lowest BCUT2D eigenvalue weighted by molar-refractivity contribution is -0.130. The molecule has 1 unspecified atom stereocenters. The molecule has 0 saturated carbocycles. The van der Waals surface area contributed by atoms with Crippen molar-refractivity contribution in [2.75, 3.05) is 18.8 Å². The summed E-state index contributed by atoms with van der Waals surface area (Å²) in [5, 5.41) is 1.76. The van der Waals surface area contributed by atoms with Gasteiger partial charge >= 0.3 is 0 Å². The Balaban J connectivity index is 1.57. The minimum Gasteiger partial charge on any atom is -0.342 e. The third kappa shape index (κ3) is 5.94. The summed E-state index contributed by atoms with van der Waals surface area (Å²) in [4.78, 5) is 16.1. The Kier molecular flexibility index (Phi) is 7.57. The van der Waals surface area contributed by atoms with Crippen LogP contribution in [0.5, 0.6) is 0 Å². The molecule has 5 heteroatoms. The number of amides is 1. The molecule has 1 amide bonds. The molecule has 0 N–H and O–H groups in total. The summed E-state index contributed by atoms with van der Waals surface area (Å²) in [6, 6.07) is 16.5. The monoisotopic (exact) mass is 419 g/mol. The summed E-state index contributed by atoms with van der Waals surface area (Å²) >= 11 is 10.1. The molecule has 0 aromatic heterocycles. The van der Waals surface area contributed by atoms with Gasteiger partial charge in [-0.2, -0.15) is 11.8 Å². The van der Waals surface area contributed by atoms with E-state index in [9.17, 15) is 4.79 Å². The second kappa shape index (κ2) is 9.90. The van der Waals surface area contributed by atoms with Gasteiger partial charge in [0.1, 0.15) is 0 Å². The molecule has 2 nitrogen and oxygen atoms in total. The number of hydrogen-bond acceptors (Lipinski definition) is 3. The highest BCUT2D eigenvalue weighted by atomic mass is 35.5. The van der Waals surface area contributed by atoms with Crippen molar-refractivity contribution in [3.63, 3.8) is 0 Å². The molecule has 1 atom stereocenters. The van der Waals surface area contributed by atoms with Gasteiger partial charge in [0.05, 0.1) is 6.42 Å². The molecule has 2 aromatic rings. The van der Waals surface area contributed by atoms with E-state index >= 15 is 0 Å². The molecule has 0 bridgehead atoms. The highest BCUT2D eigenvalue weighted by Crippen LogP contribution is 2.37. The average Bonchev–Trinajstić information content (AvgIpc) is 2.89. The predicted octanol–water partition coefficient (Wildman–Crippen LogP) is 6.09. The maximum atomic E-state index is 12.8. The lowest BCUT2D eigenvalue weighted by Crippen LogP contribution is -2.34. The van der Waals surface area contributed by atoms with Gasteiger partial charge in [0.25, 0.3) is 0 Å². The fraction of sp³-hybridized carbons (Fsp3) is 0.409. The molecule has 0 spiro atoms. The summed E-state index contributed by atoms with van der Waals surface area (Å²) in [7, 11) is 0. The molecule has 1 heterocycles. The minimum absolute atomic E-state index is 0.222. The van der Waals surface area contributed by atoms with E-state index in [1.807, 2.05) is 46.6 Å². The van der Waals surface area contributed by atoms with Crippen molar-refractivity contribution in [2.45, 2.75) is 42.1 Å². The lowest BCUT2D eigenvalue weighted by atomic mass is 10.1. The first kappa shape index (κ1) is 20.6. The zero-order chi connectivity index (χ0) is 19.2. The third-order valence-corrected chi connectivity index (χ3v) is 7.27. The van der Waals surface area contributed by atoms with Crippen LogP contribution in [0.15, 0.2) is 53.4 Å². The van der Waals surface area contributed by atoms with Gasteiger partial charge in [0, 0.05) is 39.3 Å². The number of nitrogens with zero attached hydrogens (tertiary/aromatic N) is 1. The van der Waals surface area contributed by atoms with Crippen LogP contribution in [-0.2, 0) is 11.2 Å². The number of rotatable bonds is 5. The Morgan fingerprint density at radius 2 is 1.93 bits per heavy atom. The summed E-state index contributed by atoms with van der Waals surface area (Å²) in [6.45, 7) is 5.99. The predicted molar refractivity (Wildman–Crippen MR) is 119 cm³/mol. The summed E-state index contributed by atoms with van der Waals surface area (Å²) in [5.41, 5.74) is 2.28. The van der Waals surface area contributed by atoms with Gasteiger partial charge in [-0.1, -0.05) is 55.8 Å². The molecule has 1 aliphatic heterocycles. The Hall–Kier alpha value is -1.10. The smallest absolute Gasteiger partial charge is 0.227 e.